The normalized spacial score (nSPS) is 19.7. The molecule has 0 spiro atoms. The Morgan fingerprint density at radius 2 is 1.75 bits per heavy atom. The van der Waals surface area contributed by atoms with Crippen LogP contribution in [0.2, 0.25) is 15.1 Å². The van der Waals surface area contributed by atoms with Crippen molar-refractivity contribution in [2.75, 3.05) is 37.5 Å². The van der Waals surface area contributed by atoms with Gasteiger partial charge in [0, 0.05) is 35.3 Å². The van der Waals surface area contributed by atoms with E-state index >= 15 is 0 Å². The van der Waals surface area contributed by atoms with Crippen LogP contribution in [0.4, 0.5) is 5.69 Å². The predicted octanol–water partition coefficient (Wildman–Crippen LogP) is 7.11. The molecule has 3 rings (SSSR count). The Morgan fingerprint density at radius 3 is 2.33 bits per heavy atom. The van der Waals surface area contributed by atoms with Gasteiger partial charge >= 0.3 is 0 Å². The summed E-state index contributed by atoms with van der Waals surface area (Å²) in [6.07, 6.45) is 4.99. The quantitative estimate of drug-likeness (QED) is 0.292. The van der Waals surface area contributed by atoms with Gasteiger partial charge in [0.2, 0.25) is 10.0 Å². The summed E-state index contributed by atoms with van der Waals surface area (Å²) in [6.45, 7) is 6.25. The number of ether oxygens (including phenoxy) is 1. The third-order valence-electron chi connectivity index (χ3n) is 5.95. The second kappa shape index (κ2) is 12.8. The summed E-state index contributed by atoms with van der Waals surface area (Å²) in [6, 6.07) is 11.7. The number of sulfonamides is 1. The van der Waals surface area contributed by atoms with Gasteiger partial charge in [-0.05, 0) is 54.5 Å². The number of rotatable bonds is 9. The molecule has 1 saturated heterocycles. The lowest BCUT2D eigenvalue weighted by Gasteiger charge is -2.48. The third kappa shape index (κ3) is 7.07. The molecule has 0 aromatic heterocycles. The van der Waals surface area contributed by atoms with Crippen LogP contribution in [0.1, 0.15) is 18.5 Å². The standard InChI is InChI=1S/C26H28Cl4N2O3S/c1-4-19(6-5-18(2)27)17-36(33,34)32-14-13-31(24-12-11-22(29)15-23(24)30)26(25(32)16-35-3)20-7-9-21(28)10-8-20/h4-12,15,25-26H,2,13-14,16-17H2,1,3H3/b6-5-,19-4+/t25-,26+/m1/s1. The van der Waals surface area contributed by atoms with E-state index in [0.717, 1.165) is 11.3 Å². The van der Waals surface area contributed by atoms with Crippen molar-refractivity contribution in [2.24, 2.45) is 0 Å². The van der Waals surface area contributed by atoms with Crippen LogP contribution in [-0.4, -0.2) is 51.3 Å². The topological polar surface area (TPSA) is 49.9 Å². The Labute approximate surface area is 233 Å². The molecule has 5 nitrogen and oxygen atoms in total. The van der Waals surface area contributed by atoms with Crippen LogP contribution in [-0.2, 0) is 14.8 Å². The summed E-state index contributed by atoms with van der Waals surface area (Å²) in [7, 11) is -2.17. The molecule has 1 aliphatic rings. The second-order valence-corrected chi connectivity index (χ2v) is 12.0. The highest BCUT2D eigenvalue weighted by atomic mass is 35.5. The maximum absolute atomic E-state index is 13.7. The molecule has 36 heavy (non-hydrogen) atoms. The zero-order valence-electron chi connectivity index (χ0n) is 20.0. The van der Waals surface area contributed by atoms with Crippen molar-refractivity contribution in [3.8, 4) is 0 Å². The van der Waals surface area contributed by atoms with Crippen molar-refractivity contribution in [1.29, 1.82) is 0 Å². The molecule has 0 aliphatic carbocycles. The van der Waals surface area contributed by atoms with Gasteiger partial charge in [-0.1, -0.05) is 77.3 Å². The van der Waals surface area contributed by atoms with Crippen LogP contribution in [0.3, 0.4) is 0 Å². The Kier molecular flexibility index (Phi) is 10.4. The number of hydrogen-bond acceptors (Lipinski definition) is 4. The van der Waals surface area contributed by atoms with Gasteiger partial charge in [0.15, 0.2) is 0 Å². The predicted molar refractivity (Wildman–Crippen MR) is 152 cm³/mol. The first kappa shape index (κ1) is 29.1. The zero-order chi connectivity index (χ0) is 26.5. The molecule has 0 unspecified atom stereocenters. The highest BCUT2D eigenvalue weighted by Crippen LogP contribution is 2.40. The molecule has 0 radical (unpaired) electrons. The molecule has 0 N–H and O–H groups in total. The average Bonchev–Trinajstić information content (AvgIpc) is 2.82. The zero-order valence-corrected chi connectivity index (χ0v) is 23.8. The third-order valence-corrected chi connectivity index (χ3v) is 8.74. The van der Waals surface area contributed by atoms with E-state index in [1.807, 2.05) is 18.2 Å². The molecule has 0 saturated carbocycles. The van der Waals surface area contributed by atoms with E-state index in [-0.39, 0.29) is 18.9 Å². The number of allylic oxidation sites excluding steroid dienone is 4. The summed E-state index contributed by atoms with van der Waals surface area (Å²) in [5.74, 6) is -0.181. The van der Waals surface area contributed by atoms with Gasteiger partial charge in [-0.2, -0.15) is 4.31 Å². The monoisotopic (exact) mass is 588 g/mol. The number of hydrogen-bond donors (Lipinski definition) is 0. The minimum absolute atomic E-state index is 0.174. The molecule has 1 fully saturated rings. The summed E-state index contributed by atoms with van der Waals surface area (Å²) in [4.78, 5) is 2.10. The fourth-order valence-electron chi connectivity index (χ4n) is 4.33. The van der Waals surface area contributed by atoms with Gasteiger partial charge in [0.25, 0.3) is 0 Å². The molecule has 0 amide bonds. The first-order valence-corrected chi connectivity index (χ1v) is 14.3. The molecule has 194 valence electrons. The summed E-state index contributed by atoms with van der Waals surface area (Å²) < 4.78 is 34.5. The van der Waals surface area contributed by atoms with Crippen molar-refractivity contribution in [2.45, 2.75) is 19.0 Å². The first-order valence-electron chi connectivity index (χ1n) is 11.2. The Balaban J connectivity index is 2.07. The van der Waals surface area contributed by atoms with Gasteiger partial charge in [-0.3, -0.25) is 0 Å². The minimum Gasteiger partial charge on any atom is -0.383 e. The molecule has 1 aliphatic heterocycles. The highest BCUT2D eigenvalue weighted by molar-refractivity contribution is 7.89. The fourth-order valence-corrected chi connectivity index (χ4v) is 6.84. The summed E-state index contributed by atoms with van der Waals surface area (Å²) in [5, 5.41) is 1.91. The number of anilines is 1. The Bertz CT molecular complexity index is 1250. The fraction of sp³-hybridized carbons (Fsp3) is 0.308. The van der Waals surface area contributed by atoms with Crippen LogP contribution in [0, 0.1) is 0 Å². The van der Waals surface area contributed by atoms with Gasteiger partial charge in [0.1, 0.15) is 0 Å². The van der Waals surface area contributed by atoms with E-state index in [2.05, 4.69) is 11.5 Å². The molecule has 10 heteroatoms. The lowest BCUT2D eigenvalue weighted by atomic mass is 9.95. The van der Waals surface area contributed by atoms with E-state index in [9.17, 15) is 8.42 Å². The number of methoxy groups -OCH3 is 1. The highest BCUT2D eigenvalue weighted by Gasteiger charge is 2.43. The molecular formula is C26H28Cl4N2O3S. The number of piperazine rings is 1. The Morgan fingerprint density at radius 1 is 1.08 bits per heavy atom. The molecule has 0 bridgehead atoms. The molecule has 2 aromatic carbocycles. The van der Waals surface area contributed by atoms with Crippen LogP contribution in [0.25, 0.3) is 0 Å². The maximum Gasteiger partial charge on any atom is 0.218 e. The van der Waals surface area contributed by atoms with E-state index in [0.29, 0.717) is 32.2 Å². The average molecular weight is 590 g/mol. The molecular weight excluding hydrogens is 562 g/mol. The van der Waals surface area contributed by atoms with Crippen molar-refractivity contribution in [3.63, 3.8) is 0 Å². The van der Waals surface area contributed by atoms with E-state index < -0.39 is 22.1 Å². The van der Waals surface area contributed by atoms with Crippen LogP contribution in [0.5, 0.6) is 0 Å². The first-order chi connectivity index (χ1) is 17.1. The molecule has 2 aromatic rings. The van der Waals surface area contributed by atoms with Gasteiger partial charge in [0.05, 0.1) is 35.2 Å². The van der Waals surface area contributed by atoms with Gasteiger partial charge in [-0.25, -0.2) is 8.42 Å². The lowest BCUT2D eigenvalue weighted by molar-refractivity contribution is 0.104. The van der Waals surface area contributed by atoms with E-state index in [1.54, 1.807) is 56.5 Å². The van der Waals surface area contributed by atoms with Gasteiger partial charge < -0.3 is 9.64 Å². The van der Waals surface area contributed by atoms with Gasteiger partial charge in [-0.15, -0.1) is 0 Å². The van der Waals surface area contributed by atoms with E-state index in [1.165, 1.54) is 4.31 Å². The summed E-state index contributed by atoms with van der Waals surface area (Å²) in [5.41, 5.74) is 2.26. The minimum atomic E-state index is -3.73. The molecule has 1 heterocycles. The van der Waals surface area contributed by atoms with Crippen LogP contribution < -0.4 is 4.90 Å². The number of nitrogens with zero attached hydrogens (tertiary/aromatic N) is 2. The largest absolute Gasteiger partial charge is 0.383 e. The van der Waals surface area contributed by atoms with E-state index in [4.69, 9.17) is 51.1 Å². The lowest BCUT2D eigenvalue weighted by Crippen LogP contribution is -2.59. The van der Waals surface area contributed by atoms with Crippen LogP contribution >= 0.6 is 46.4 Å². The van der Waals surface area contributed by atoms with Crippen molar-refractivity contribution >= 4 is 62.1 Å². The van der Waals surface area contributed by atoms with Crippen molar-refractivity contribution in [1.82, 2.24) is 4.31 Å². The summed E-state index contributed by atoms with van der Waals surface area (Å²) >= 11 is 24.7. The van der Waals surface area contributed by atoms with Crippen LogP contribution in [0.15, 0.2) is 77.9 Å². The second-order valence-electron chi connectivity index (χ2n) is 8.32. The number of benzene rings is 2. The Hall–Kier alpha value is -1.51. The smallest absolute Gasteiger partial charge is 0.218 e. The maximum atomic E-state index is 13.7. The van der Waals surface area contributed by atoms with Crippen molar-refractivity contribution < 1.29 is 13.2 Å². The van der Waals surface area contributed by atoms with Crippen molar-refractivity contribution in [3.05, 3.63) is 98.5 Å². The SMILES string of the molecule is C=C(Cl)/C=C\C(=C/C)CS(=O)(=O)N1CCN(c2ccc(Cl)cc2Cl)[C@@H](c2ccc(Cl)cc2)[C@H]1COC. The molecule has 2 atom stereocenters. The number of halogens is 4.